The first-order chi connectivity index (χ1) is 16.8. The standard InChI is InChI=1S/C23H16ClF6N3O3/c1-22(26,27)36-9-8-35-18-6-4-14(21-31-12-19(33-21)23(28,29)30)11-17(18)32-20(34)7-3-13-2-5-16(25)15(24)10-13/h2,4-6,10-12H,8-9H2,1H3,(H,31,33)(H,32,34). The number of hydrogen-bond donors (Lipinski definition) is 2. The van der Waals surface area contributed by atoms with E-state index in [-0.39, 0.29) is 40.0 Å². The van der Waals surface area contributed by atoms with Crippen molar-refractivity contribution in [3.63, 3.8) is 0 Å². The maximum Gasteiger partial charge on any atom is 0.432 e. The summed E-state index contributed by atoms with van der Waals surface area (Å²) in [6.07, 6.45) is -7.41. The monoisotopic (exact) mass is 531 g/mol. The number of rotatable bonds is 7. The molecule has 0 saturated carbocycles. The quantitative estimate of drug-likeness (QED) is 0.227. The number of amides is 1. The molecule has 1 aromatic heterocycles. The molecule has 2 aromatic carbocycles. The fraction of sp³-hybridized carbons (Fsp3) is 0.217. The fourth-order valence-electron chi connectivity index (χ4n) is 2.74. The highest BCUT2D eigenvalue weighted by Crippen LogP contribution is 2.33. The molecule has 2 N–H and O–H groups in total. The summed E-state index contributed by atoms with van der Waals surface area (Å²) < 4.78 is 87.3. The van der Waals surface area contributed by atoms with E-state index in [4.69, 9.17) is 16.3 Å². The van der Waals surface area contributed by atoms with Crippen molar-refractivity contribution in [2.24, 2.45) is 0 Å². The van der Waals surface area contributed by atoms with Crippen LogP contribution < -0.4 is 10.1 Å². The normalized spacial score (nSPS) is 11.6. The summed E-state index contributed by atoms with van der Waals surface area (Å²) in [5.41, 5.74) is -0.709. The van der Waals surface area contributed by atoms with Gasteiger partial charge in [-0.3, -0.25) is 4.79 Å². The summed E-state index contributed by atoms with van der Waals surface area (Å²) in [5, 5.41) is 2.22. The lowest BCUT2D eigenvalue weighted by molar-refractivity contribution is -0.226. The van der Waals surface area contributed by atoms with Gasteiger partial charge in [0, 0.05) is 24.0 Å². The lowest BCUT2D eigenvalue weighted by Gasteiger charge is -2.15. The van der Waals surface area contributed by atoms with Crippen molar-refractivity contribution in [3.05, 3.63) is 64.7 Å². The Morgan fingerprint density at radius 1 is 1.14 bits per heavy atom. The maximum absolute atomic E-state index is 13.3. The van der Waals surface area contributed by atoms with Crippen molar-refractivity contribution in [1.29, 1.82) is 0 Å². The average molecular weight is 532 g/mol. The summed E-state index contributed by atoms with van der Waals surface area (Å²) >= 11 is 5.68. The van der Waals surface area contributed by atoms with Crippen LogP contribution in [-0.4, -0.2) is 35.2 Å². The third kappa shape index (κ3) is 7.66. The minimum Gasteiger partial charge on any atom is -0.489 e. The largest absolute Gasteiger partial charge is 0.489 e. The molecular formula is C23H16ClF6N3O3. The number of aromatic amines is 1. The molecule has 3 aromatic rings. The van der Waals surface area contributed by atoms with Gasteiger partial charge in [0.2, 0.25) is 0 Å². The van der Waals surface area contributed by atoms with Crippen molar-refractivity contribution in [1.82, 2.24) is 9.97 Å². The number of anilines is 1. The zero-order valence-electron chi connectivity index (χ0n) is 18.3. The Balaban J connectivity index is 1.84. The molecule has 0 aliphatic rings. The highest BCUT2D eigenvalue weighted by atomic mass is 35.5. The molecule has 13 heteroatoms. The topological polar surface area (TPSA) is 76.2 Å². The highest BCUT2D eigenvalue weighted by molar-refractivity contribution is 6.30. The minimum absolute atomic E-state index is 0.00402. The second-order valence-electron chi connectivity index (χ2n) is 7.19. The van der Waals surface area contributed by atoms with E-state index in [9.17, 15) is 31.1 Å². The van der Waals surface area contributed by atoms with E-state index in [1.165, 1.54) is 30.3 Å². The molecule has 190 valence electrons. The van der Waals surface area contributed by atoms with Gasteiger partial charge in [0.1, 0.15) is 29.7 Å². The van der Waals surface area contributed by atoms with Crippen LogP contribution in [0, 0.1) is 17.7 Å². The third-order valence-electron chi connectivity index (χ3n) is 4.32. The Bertz CT molecular complexity index is 1310. The molecule has 0 aliphatic carbocycles. The fourth-order valence-corrected chi connectivity index (χ4v) is 2.92. The summed E-state index contributed by atoms with van der Waals surface area (Å²) in [6, 6.07) is 7.50. The number of carbonyl (C=O) groups is 1. The van der Waals surface area contributed by atoms with Gasteiger partial charge in [0.05, 0.1) is 23.5 Å². The smallest absolute Gasteiger partial charge is 0.432 e. The minimum atomic E-state index is -4.65. The number of hydrogen-bond acceptors (Lipinski definition) is 4. The van der Waals surface area contributed by atoms with Gasteiger partial charge in [-0.1, -0.05) is 17.5 Å². The second kappa shape index (κ2) is 10.9. The number of alkyl halides is 5. The predicted molar refractivity (Wildman–Crippen MR) is 118 cm³/mol. The first kappa shape index (κ1) is 26.9. The van der Waals surface area contributed by atoms with Gasteiger partial charge in [0.15, 0.2) is 0 Å². The second-order valence-corrected chi connectivity index (χ2v) is 7.60. The van der Waals surface area contributed by atoms with Gasteiger partial charge in [-0.05, 0) is 36.4 Å². The van der Waals surface area contributed by atoms with Crippen molar-refractivity contribution in [2.45, 2.75) is 19.2 Å². The van der Waals surface area contributed by atoms with E-state index in [1.54, 1.807) is 0 Å². The van der Waals surface area contributed by atoms with Gasteiger partial charge in [-0.25, -0.2) is 9.37 Å². The molecule has 0 fully saturated rings. The Hall–Kier alpha value is -3.69. The Morgan fingerprint density at radius 2 is 1.89 bits per heavy atom. The molecule has 6 nitrogen and oxygen atoms in total. The van der Waals surface area contributed by atoms with Gasteiger partial charge >= 0.3 is 18.2 Å². The molecule has 1 heterocycles. The highest BCUT2D eigenvalue weighted by Gasteiger charge is 2.33. The van der Waals surface area contributed by atoms with Gasteiger partial charge in [-0.15, -0.1) is 0 Å². The zero-order valence-corrected chi connectivity index (χ0v) is 19.0. The van der Waals surface area contributed by atoms with E-state index >= 15 is 0 Å². The lowest BCUT2D eigenvalue weighted by atomic mass is 10.1. The lowest BCUT2D eigenvalue weighted by Crippen LogP contribution is -2.20. The van der Waals surface area contributed by atoms with Gasteiger partial charge < -0.3 is 19.8 Å². The number of aromatic nitrogens is 2. The van der Waals surface area contributed by atoms with E-state index in [0.717, 1.165) is 6.07 Å². The molecule has 0 bridgehead atoms. The number of H-pyrrole nitrogens is 1. The molecule has 0 atom stereocenters. The molecule has 0 aliphatic heterocycles. The van der Waals surface area contributed by atoms with Crippen LogP contribution in [0.1, 0.15) is 18.2 Å². The van der Waals surface area contributed by atoms with Crippen LogP contribution in [0.5, 0.6) is 5.75 Å². The van der Waals surface area contributed by atoms with E-state index in [1.807, 2.05) is 0 Å². The number of nitrogens with zero attached hydrogens (tertiary/aromatic N) is 1. The van der Waals surface area contributed by atoms with E-state index in [0.29, 0.717) is 13.1 Å². The van der Waals surface area contributed by atoms with E-state index < -0.39 is 36.3 Å². The number of nitrogens with one attached hydrogen (secondary N) is 2. The third-order valence-corrected chi connectivity index (χ3v) is 4.61. The van der Waals surface area contributed by atoms with Gasteiger partial charge in [0.25, 0.3) is 0 Å². The maximum atomic E-state index is 13.3. The number of carbonyl (C=O) groups excluding carboxylic acids is 1. The van der Waals surface area contributed by atoms with Crippen molar-refractivity contribution in [3.8, 4) is 29.0 Å². The van der Waals surface area contributed by atoms with Crippen LogP contribution >= 0.6 is 11.6 Å². The number of imidazole rings is 1. The number of halogens is 7. The summed E-state index contributed by atoms with van der Waals surface area (Å²) in [6.45, 7) is -0.264. The summed E-state index contributed by atoms with van der Waals surface area (Å²) in [4.78, 5) is 18.2. The van der Waals surface area contributed by atoms with Gasteiger partial charge in [-0.2, -0.15) is 22.0 Å². The molecule has 1 amide bonds. The van der Waals surface area contributed by atoms with Crippen molar-refractivity contribution in [2.75, 3.05) is 18.5 Å². The predicted octanol–water partition coefficient (Wildman–Crippen LogP) is 5.89. The van der Waals surface area contributed by atoms with Crippen LogP contribution in [-0.2, 0) is 15.7 Å². The molecule has 0 saturated heterocycles. The molecule has 0 spiro atoms. The first-order valence-electron chi connectivity index (χ1n) is 10.0. The van der Waals surface area contributed by atoms with Crippen LogP contribution in [0.25, 0.3) is 11.4 Å². The molecule has 0 unspecified atom stereocenters. The SMILES string of the molecule is CC(F)(F)OCCOc1ccc(-c2ncc(C(F)(F)F)[nH]2)cc1NC(=O)C#Cc1ccc(F)c(Cl)c1. The number of benzene rings is 2. The van der Waals surface area contributed by atoms with Crippen LogP contribution in [0.15, 0.2) is 42.6 Å². The Labute approximate surface area is 205 Å². The zero-order chi connectivity index (χ0) is 26.5. The molecule has 36 heavy (non-hydrogen) atoms. The summed E-state index contributed by atoms with van der Waals surface area (Å²) in [5.74, 6) is 3.08. The Morgan fingerprint density at radius 3 is 2.53 bits per heavy atom. The first-order valence-corrected chi connectivity index (χ1v) is 10.4. The summed E-state index contributed by atoms with van der Waals surface area (Å²) in [7, 11) is 0. The molecular weight excluding hydrogens is 516 g/mol. The van der Waals surface area contributed by atoms with Crippen LogP contribution in [0.4, 0.5) is 32.0 Å². The van der Waals surface area contributed by atoms with Crippen molar-refractivity contribution < 1.29 is 40.6 Å². The van der Waals surface area contributed by atoms with E-state index in [2.05, 4.69) is 31.9 Å². The molecule has 0 radical (unpaired) electrons. The molecule has 3 rings (SSSR count). The van der Waals surface area contributed by atoms with Crippen LogP contribution in [0.2, 0.25) is 5.02 Å². The van der Waals surface area contributed by atoms with Crippen LogP contribution in [0.3, 0.4) is 0 Å². The average Bonchev–Trinajstić information content (AvgIpc) is 3.29. The number of ether oxygens (including phenoxy) is 2. The Kier molecular flexibility index (Phi) is 8.17. The van der Waals surface area contributed by atoms with Crippen molar-refractivity contribution >= 4 is 23.2 Å².